The van der Waals surface area contributed by atoms with Gasteiger partial charge in [0.05, 0.1) is 15.1 Å². The van der Waals surface area contributed by atoms with Gasteiger partial charge in [0.15, 0.2) is 5.75 Å². The van der Waals surface area contributed by atoms with Gasteiger partial charge in [-0.25, -0.2) is 0 Å². The fourth-order valence-corrected chi connectivity index (χ4v) is 1.74. The lowest BCUT2D eigenvalue weighted by atomic mass is 10.2. The molecule has 1 aromatic carbocycles. The molecule has 4 nitrogen and oxygen atoms in total. The van der Waals surface area contributed by atoms with Crippen LogP contribution >= 0.6 is 34.8 Å². The SMILES string of the molecule is NC(=O)CCCC(=O)Oc1cc(Cl)c(Cl)cc1Cl. The Morgan fingerprint density at radius 1 is 1.06 bits per heavy atom. The molecule has 0 aromatic heterocycles. The molecule has 1 rings (SSSR count). The number of esters is 1. The summed E-state index contributed by atoms with van der Waals surface area (Å²) in [4.78, 5) is 21.9. The standard InChI is InChI=1S/C11H10Cl3NO3/c12-6-4-8(14)9(5-7(6)13)18-11(17)3-1-2-10(15)16/h4-5H,1-3H2,(H2,15,16). The first-order chi connectivity index (χ1) is 8.40. The van der Waals surface area contributed by atoms with Crippen LogP contribution in [0.15, 0.2) is 12.1 Å². The first-order valence-electron chi connectivity index (χ1n) is 5.03. The molecule has 0 atom stereocenters. The Hall–Kier alpha value is -0.970. The summed E-state index contributed by atoms with van der Waals surface area (Å²) in [5.74, 6) is -0.845. The molecule has 0 saturated heterocycles. The van der Waals surface area contributed by atoms with E-state index >= 15 is 0 Å². The van der Waals surface area contributed by atoms with Crippen molar-refractivity contribution in [2.45, 2.75) is 19.3 Å². The van der Waals surface area contributed by atoms with Gasteiger partial charge in [-0.1, -0.05) is 34.8 Å². The van der Waals surface area contributed by atoms with E-state index < -0.39 is 11.9 Å². The number of benzene rings is 1. The van der Waals surface area contributed by atoms with Gasteiger partial charge < -0.3 is 10.5 Å². The van der Waals surface area contributed by atoms with Gasteiger partial charge in [-0.15, -0.1) is 0 Å². The second-order valence-corrected chi connectivity index (χ2v) is 4.71. The van der Waals surface area contributed by atoms with E-state index in [0.29, 0.717) is 6.42 Å². The summed E-state index contributed by atoms with van der Waals surface area (Å²) in [7, 11) is 0. The monoisotopic (exact) mass is 309 g/mol. The highest BCUT2D eigenvalue weighted by atomic mass is 35.5. The van der Waals surface area contributed by atoms with Crippen molar-refractivity contribution in [2.75, 3.05) is 0 Å². The second-order valence-electron chi connectivity index (χ2n) is 3.49. The number of hydrogen-bond acceptors (Lipinski definition) is 3. The van der Waals surface area contributed by atoms with Crippen LogP contribution in [0.4, 0.5) is 0 Å². The summed E-state index contributed by atoms with van der Waals surface area (Å²) < 4.78 is 5.00. The van der Waals surface area contributed by atoms with Gasteiger partial charge in [0.25, 0.3) is 0 Å². The topological polar surface area (TPSA) is 69.4 Å². The zero-order valence-electron chi connectivity index (χ0n) is 9.21. The number of nitrogens with two attached hydrogens (primary N) is 1. The third-order valence-electron chi connectivity index (χ3n) is 2.00. The van der Waals surface area contributed by atoms with E-state index in [1.807, 2.05) is 0 Å². The highest BCUT2D eigenvalue weighted by molar-refractivity contribution is 6.43. The summed E-state index contributed by atoms with van der Waals surface area (Å²) in [6.45, 7) is 0. The molecule has 0 fully saturated rings. The predicted octanol–water partition coefficient (Wildman–Crippen LogP) is 3.21. The summed E-state index contributed by atoms with van der Waals surface area (Å²) in [5, 5.41) is 0.698. The molecule has 0 saturated carbocycles. The molecule has 0 unspecified atom stereocenters. The third kappa shape index (κ3) is 4.72. The van der Waals surface area contributed by atoms with Crippen molar-refractivity contribution in [3.05, 3.63) is 27.2 Å². The van der Waals surface area contributed by atoms with Gasteiger partial charge in [0, 0.05) is 18.9 Å². The van der Waals surface area contributed by atoms with Gasteiger partial charge in [-0.2, -0.15) is 0 Å². The average Bonchev–Trinajstić information content (AvgIpc) is 2.25. The van der Waals surface area contributed by atoms with E-state index in [4.69, 9.17) is 45.3 Å². The van der Waals surface area contributed by atoms with Crippen molar-refractivity contribution in [1.29, 1.82) is 0 Å². The van der Waals surface area contributed by atoms with Crippen LogP contribution in [0.1, 0.15) is 19.3 Å². The summed E-state index contributed by atoms with van der Waals surface area (Å²) in [6.07, 6.45) is 0.525. The van der Waals surface area contributed by atoms with E-state index in [-0.39, 0.29) is 33.7 Å². The normalized spacial score (nSPS) is 10.2. The average molecular weight is 311 g/mol. The minimum absolute atomic E-state index is 0.0690. The molecule has 2 N–H and O–H groups in total. The molecule has 18 heavy (non-hydrogen) atoms. The lowest BCUT2D eigenvalue weighted by molar-refractivity contribution is -0.134. The molecular formula is C11H10Cl3NO3. The zero-order valence-corrected chi connectivity index (χ0v) is 11.5. The molecule has 0 aliphatic rings. The van der Waals surface area contributed by atoms with Crippen LogP contribution in [-0.2, 0) is 9.59 Å². The highest BCUT2D eigenvalue weighted by Gasteiger charge is 2.11. The van der Waals surface area contributed by atoms with Gasteiger partial charge in [0.2, 0.25) is 5.91 Å². The molecule has 1 aromatic rings. The van der Waals surface area contributed by atoms with E-state index in [1.165, 1.54) is 12.1 Å². The minimum atomic E-state index is -0.517. The molecule has 0 bridgehead atoms. The molecule has 0 aliphatic carbocycles. The number of carbonyl (C=O) groups is 2. The van der Waals surface area contributed by atoms with Crippen LogP contribution in [-0.4, -0.2) is 11.9 Å². The van der Waals surface area contributed by atoms with Crippen molar-refractivity contribution >= 4 is 46.7 Å². The van der Waals surface area contributed by atoms with Gasteiger partial charge in [-0.3, -0.25) is 9.59 Å². The van der Waals surface area contributed by atoms with E-state index in [1.54, 1.807) is 0 Å². The minimum Gasteiger partial charge on any atom is -0.425 e. The molecule has 98 valence electrons. The number of primary amides is 1. The van der Waals surface area contributed by atoms with Crippen LogP contribution in [0.3, 0.4) is 0 Å². The number of halogens is 3. The lowest BCUT2D eigenvalue weighted by Crippen LogP contribution is -2.13. The Labute approximate surface area is 119 Å². The Morgan fingerprint density at radius 3 is 2.28 bits per heavy atom. The largest absolute Gasteiger partial charge is 0.425 e. The van der Waals surface area contributed by atoms with Crippen molar-refractivity contribution in [1.82, 2.24) is 0 Å². The second kappa shape index (κ2) is 6.83. The molecule has 0 spiro atoms. The predicted molar refractivity (Wildman–Crippen MR) is 70.2 cm³/mol. The molecule has 1 amide bonds. The summed E-state index contributed by atoms with van der Waals surface area (Å²) >= 11 is 17.3. The van der Waals surface area contributed by atoms with Crippen LogP contribution in [0, 0.1) is 0 Å². The van der Waals surface area contributed by atoms with Gasteiger partial charge >= 0.3 is 5.97 Å². The van der Waals surface area contributed by atoms with Crippen molar-refractivity contribution < 1.29 is 14.3 Å². The van der Waals surface area contributed by atoms with Crippen molar-refractivity contribution in [2.24, 2.45) is 5.73 Å². The Balaban J connectivity index is 2.59. The van der Waals surface area contributed by atoms with E-state index in [2.05, 4.69) is 0 Å². The van der Waals surface area contributed by atoms with Gasteiger partial charge in [-0.05, 0) is 12.5 Å². The number of rotatable bonds is 5. The highest BCUT2D eigenvalue weighted by Crippen LogP contribution is 2.34. The van der Waals surface area contributed by atoms with Crippen LogP contribution in [0.25, 0.3) is 0 Å². The Morgan fingerprint density at radius 2 is 1.67 bits per heavy atom. The molecule has 0 radical (unpaired) electrons. The number of hydrogen-bond donors (Lipinski definition) is 1. The number of amides is 1. The van der Waals surface area contributed by atoms with Crippen LogP contribution in [0.2, 0.25) is 15.1 Å². The maximum atomic E-state index is 11.4. The number of ether oxygens (including phenoxy) is 1. The third-order valence-corrected chi connectivity index (χ3v) is 3.02. The Kier molecular flexibility index (Phi) is 5.72. The quantitative estimate of drug-likeness (QED) is 0.516. The van der Waals surface area contributed by atoms with Crippen LogP contribution < -0.4 is 10.5 Å². The Bertz CT molecular complexity index is 477. The fraction of sp³-hybridized carbons (Fsp3) is 0.273. The zero-order chi connectivity index (χ0) is 13.7. The molecular weight excluding hydrogens is 300 g/mol. The molecule has 0 aliphatic heterocycles. The number of carbonyl (C=O) groups excluding carboxylic acids is 2. The maximum absolute atomic E-state index is 11.4. The first kappa shape index (κ1) is 15.1. The van der Waals surface area contributed by atoms with E-state index in [9.17, 15) is 9.59 Å². The fourth-order valence-electron chi connectivity index (χ4n) is 1.16. The molecule has 0 heterocycles. The maximum Gasteiger partial charge on any atom is 0.311 e. The smallest absolute Gasteiger partial charge is 0.311 e. The molecule has 7 heteroatoms. The summed E-state index contributed by atoms with van der Waals surface area (Å²) in [5.41, 5.74) is 4.95. The summed E-state index contributed by atoms with van der Waals surface area (Å²) in [6, 6.07) is 2.75. The van der Waals surface area contributed by atoms with Crippen molar-refractivity contribution in [3.63, 3.8) is 0 Å². The van der Waals surface area contributed by atoms with Crippen LogP contribution in [0.5, 0.6) is 5.75 Å². The first-order valence-corrected chi connectivity index (χ1v) is 6.17. The van der Waals surface area contributed by atoms with Gasteiger partial charge in [0.1, 0.15) is 0 Å². The lowest BCUT2D eigenvalue weighted by Gasteiger charge is -2.07. The van der Waals surface area contributed by atoms with Crippen molar-refractivity contribution in [3.8, 4) is 5.75 Å². The van der Waals surface area contributed by atoms with E-state index in [0.717, 1.165) is 0 Å².